The van der Waals surface area contributed by atoms with E-state index in [0.717, 1.165) is 0 Å². The van der Waals surface area contributed by atoms with Crippen LogP contribution in [-0.4, -0.2) is 80.7 Å². The normalized spacial score (nSPS) is 28.8. The van der Waals surface area contributed by atoms with Gasteiger partial charge in [-0.15, -0.1) is 0 Å². The van der Waals surface area contributed by atoms with E-state index in [1.54, 1.807) is 13.8 Å². The van der Waals surface area contributed by atoms with Crippen LogP contribution in [0.25, 0.3) is 0 Å². The number of benzene rings is 1. The van der Waals surface area contributed by atoms with E-state index in [-0.39, 0.29) is 17.2 Å². The van der Waals surface area contributed by atoms with Gasteiger partial charge in [0.05, 0.1) is 19.3 Å². The number of aryl methyl sites for hydroxylation is 1. The molecular weight excluding hydrogens is 360 g/mol. The molecule has 6 N–H and O–H groups in total. The number of rotatable bonds is 7. The van der Waals surface area contributed by atoms with Crippen LogP contribution in [0.1, 0.15) is 25.8 Å². The van der Waals surface area contributed by atoms with Gasteiger partial charge in [0.15, 0.2) is 11.5 Å². The fourth-order valence-corrected chi connectivity index (χ4v) is 2.79. The van der Waals surface area contributed by atoms with E-state index >= 15 is 0 Å². The molecule has 27 heavy (non-hydrogen) atoms. The average molecular weight is 388 g/mol. The molecule has 0 spiro atoms. The molecular formula is C18H28O9. The van der Waals surface area contributed by atoms with Gasteiger partial charge in [-0.05, 0) is 38.3 Å². The summed E-state index contributed by atoms with van der Waals surface area (Å²) in [5.74, 6) is 0.212. The van der Waals surface area contributed by atoms with Gasteiger partial charge in [0, 0.05) is 6.07 Å². The summed E-state index contributed by atoms with van der Waals surface area (Å²) >= 11 is 0. The van der Waals surface area contributed by atoms with Crippen LogP contribution >= 0.6 is 0 Å². The van der Waals surface area contributed by atoms with Crippen molar-refractivity contribution in [1.29, 1.82) is 0 Å². The van der Waals surface area contributed by atoms with Gasteiger partial charge in [0.1, 0.15) is 30.2 Å². The Kier molecular flexibility index (Phi) is 6.90. The van der Waals surface area contributed by atoms with Gasteiger partial charge in [-0.1, -0.05) is 0 Å². The molecule has 1 fully saturated rings. The molecule has 0 unspecified atom stereocenters. The Morgan fingerprint density at radius 3 is 2.30 bits per heavy atom. The molecule has 0 bridgehead atoms. The van der Waals surface area contributed by atoms with Crippen molar-refractivity contribution in [2.75, 3.05) is 13.7 Å². The molecule has 1 aromatic carbocycles. The summed E-state index contributed by atoms with van der Waals surface area (Å²) in [4.78, 5) is 0. The molecule has 9 nitrogen and oxygen atoms in total. The maximum Gasteiger partial charge on any atom is 0.229 e. The highest BCUT2D eigenvalue weighted by Gasteiger charge is 2.45. The number of ether oxygens (including phenoxy) is 3. The molecule has 1 heterocycles. The SMILES string of the molecule is COc1cc(O[C@@H]2O[C@H](CO)[C@@H](O)[C@@H](O)[C@@H]2O)c(CCC(C)(C)O)cc1O. The second kappa shape index (κ2) is 8.59. The summed E-state index contributed by atoms with van der Waals surface area (Å²) in [6, 6.07) is 2.82. The van der Waals surface area contributed by atoms with Crippen molar-refractivity contribution < 1.29 is 44.8 Å². The Bertz CT molecular complexity index is 626. The van der Waals surface area contributed by atoms with E-state index in [1.165, 1.54) is 19.2 Å². The molecule has 1 saturated heterocycles. The number of hydrogen-bond donors (Lipinski definition) is 6. The minimum Gasteiger partial charge on any atom is -0.504 e. The molecule has 5 atom stereocenters. The summed E-state index contributed by atoms with van der Waals surface area (Å²) < 4.78 is 16.1. The van der Waals surface area contributed by atoms with Gasteiger partial charge in [-0.3, -0.25) is 0 Å². The second-order valence-corrected chi connectivity index (χ2v) is 7.26. The molecule has 1 aliphatic rings. The number of hydrogen-bond acceptors (Lipinski definition) is 9. The van der Waals surface area contributed by atoms with Crippen molar-refractivity contribution in [2.24, 2.45) is 0 Å². The predicted molar refractivity (Wildman–Crippen MR) is 93.7 cm³/mol. The minimum absolute atomic E-state index is 0.121. The van der Waals surface area contributed by atoms with Crippen molar-refractivity contribution in [1.82, 2.24) is 0 Å². The lowest BCUT2D eigenvalue weighted by atomic mass is 9.97. The quantitative estimate of drug-likeness (QED) is 0.356. The Balaban J connectivity index is 2.29. The topological polar surface area (TPSA) is 149 Å². The molecule has 1 aliphatic heterocycles. The monoisotopic (exact) mass is 388 g/mol. The van der Waals surface area contributed by atoms with Crippen LogP contribution in [-0.2, 0) is 11.2 Å². The second-order valence-electron chi connectivity index (χ2n) is 7.26. The summed E-state index contributed by atoms with van der Waals surface area (Å²) in [5.41, 5.74) is -0.428. The zero-order valence-electron chi connectivity index (χ0n) is 15.6. The first-order valence-corrected chi connectivity index (χ1v) is 8.67. The number of aliphatic hydroxyl groups is 5. The largest absolute Gasteiger partial charge is 0.504 e. The van der Waals surface area contributed by atoms with Gasteiger partial charge in [0.25, 0.3) is 0 Å². The van der Waals surface area contributed by atoms with E-state index in [9.17, 15) is 30.6 Å². The first kappa shape index (κ1) is 21.7. The smallest absolute Gasteiger partial charge is 0.229 e. The molecule has 0 saturated carbocycles. The third kappa shape index (κ3) is 5.22. The van der Waals surface area contributed by atoms with E-state index in [4.69, 9.17) is 14.2 Å². The van der Waals surface area contributed by atoms with Crippen LogP contribution in [0.4, 0.5) is 0 Å². The van der Waals surface area contributed by atoms with Crippen LogP contribution in [0, 0.1) is 0 Å². The number of aliphatic hydroxyl groups excluding tert-OH is 4. The zero-order chi connectivity index (χ0) is 20.4. The highest BCUT2D eigenvalue weighted by molar-refractivity contribution is 5.50. The Hall–Kier alpha value is -1.62. The maximum atomic E-state index is 10.2. The molecule has 0 aliphatic carbocycles. The minimum atomic E-state index is -1.57. The number of phenolic OH excluding ortho intramolecular Hbond substituents is 1. The summed E-state index contributed by atoms with van der Waals surface area (Å²) in [6.45, 7) is 2.72. The maximum absolute atomic E-state index is 10.2. The lowest BCUT2D eigenvalue weighted by molar-refractivity contribution is -0.277. The van der Waals surface area contributed by atoms with Crippen LogP contribution < -0.4 is 9.47 Å². The summed E-state index contributed by atoms with van der Waals surface area (Å²) in [5, 5.41) is 59.2. The summed E-state index contributed by atoms with van der Waals surface area (Å²) in [6.07, 6.45) is -6.39. The highest BCUT2D eigenvalue weighted by Crippen LogP contribution is 2.36. The van der Waals surface area contributed by atoms with E-state index in [2.05, 4.69) is 0 Å². The van der Waals surface area contributed by atoms with Crippen molar-refractivity contribution in [3.05, 3.63) is 17.7 Å². The van der Waals surface area contributed by atoms with E-state index < -0.39 is 42.9 Å². The molecule has 2 rings (SSSR count). The highest BCUT2D eigenvalue weighted by atomic mass is 16.7. The fraction of sp³-hybridized carbons (Fsp3) is 0.667. The lowest BCUT2D eigenvalue weighted by Gasteiger charge is -2.39. The van der Waals surface area contributed by atoms with Gasteiger partial charge >= 0.3 is 0 Å². The summed E-state index contributed by atoms with van der Waals surface area (Å²) in [7, 11) is 1.36. The van der Waals surface area contributed by atoms with Crippen LogP contribution in [0.2, 0.25) is 0 Å². The van der Waals surface area contributed by atoms with Crippen LogP contribution in [0.3, 0.4) is 0 Å². The Labute approximate surface area is 157 Å². The van der Waals surface area contributed by atoms with Crippen LogP contribution in [0.5, 0.6) is 17.2 Å². The molecule has 1 aromatic rings. The molecule has 9 heteroatoms. The van der Waals surface area contributed by atoms with E-state index in [1.807, 2.05) is 0 Å². The predicted octanol–water partition coefficient (Wildman–Crippen LogP) is -0.717. The van der Waals surface area contributed by atoms with Gasteiger partial charge in [-0.2, -0.15) is 0 Å². The van der Waals surface area contributed by atoms with Gasteiger partial charge < -0.3 is 44.8 Å². The molecule has 0 radical (unpaired) electrons. The van der Waals surface area contributed by atoms with E-state index in [0.29, 0.717) is 18.4 Å². The van der Waals surface area contributed by atoms with Crippen molar-refractivity contribution in [2.45, 2.75) is 63.0 Å². The lowest BCUT2D eigenvalue weighted by Crippen LogP contribution is -2.60. The number of phenols is 1. The standard InChI is InChI=1S/C18H28O9/c1-18(2,24)5-4-9-6-10(20)12(25-3)7-11(9)26-17-16(23)15(22)14(21)13(8-19)27-17/h6-7,13-17,19-24H,4-5,8H2,1-3H3/t13-,14-,15-,16+,17-/m1/s1. The van der Waals surface area contributed by atoms with Crippen LogP contribution in [0.15, 0.2) is 12.1 Å². The zero-order valence-corrected chi connectivity index (χ0v) is 15.6. The molecule has 0 aromatic heterocycles. The Morgan fingerprint density at radius 2 is 1.74 bits per heavy atom. The molecule has 154 valence electrons. The average Bonchev–Trinajstić information content (AvgIpc) is 2.61. The molecule has 0 amide bonds. The number of methoxy groups -OCH3 is 1. The van der Waals surface area contributed by atoms with Crippen molar-refractivity contribution in [3.63, 3.8) is 0 Å². The first-order valence-electron chi connectivity index (χ1n) is 8.67. The third-order valence-corrected chi connectivity index (χ3v) is 4.46. The van der Waals surface area contributed by atoms with Gasteiger partial charge in [-0.25, -0.2) is 0 Å². The van der Waals surface area contributed by atoms with Crippen molar-refractivity contribution >= 4 is 0 Å². The Morgan fingerprint density at radius 1 is 1.07 bits per heavy atom. The van der Waals surface area contributed by atoms with Crippen molar-refractivity contribution in [3.8, 4) is 17.2 Å². The third-order valence-electron chi connectivity index (χ3n) is 4.46. The fourth-order valence-electron chi connectivity index (χ4n) is 2.79. The first-order chi connectivity index (χ1) is 12.6. The number of aromatic hydroxyl groups is 1. The van der Waals surface area contributed by atoms with Gasteiger partial charge in [0.2, 0.25) is 6.29 Å².